The number of carbonyl (C=O) groups is 2. The summed E-state index contributed by atoms with van der Waals surface area (Å²) in [5.74, 6) is 0.227. The van der Waals surface area contributed by atoms with Gasteiger partial charge in [-0.1, -0.05) is 37.3 Å². The number of nitrogens with zero attached hydrogens (tertiary/aromatic N) is 1. The lowest BCUT2D eigenvalue weighted by Gasteiger charge is -2.19. The number of carbonyl (C=O) groups excluding carboxylic acids is 2. The third kappa shape index (κ3) is 2.85. The van der Waals surface area contributed by atoms with Gasteiger partial charge in [0, 0.05) is 0 Å². The Hall–Kier alpha value is -2.82. The number of anilines is 2. The van der Waals surface area contributed by atoms with Gasteiger partial charge in [-0.15, -0.1) is 0 Å². The molecule has 24 heavy (non-hydrogen) atoms. The van der Waals surface area contributed by atoms with Crippen LogP contribution in [0.15, 0.2) is 48.5 Å². The van der Waals surface area contributed by atoms with E-state index in [1.165, 1.54) is 4.90 Å². The third-order valence-corrected chi connectivity index (χ3v) is 4.20. The topological polar surface area (TPSA) is 58.6 Å². The van der Waals surface area contributed by atoms with Crippen LogP contribution in [0.2, 0.25) is 0 Å². The fourth-order valence-corrected chi connectivity index (χ4v) is 2.98. The first-order valence-electron chi connectivity index (χ1n) is 8.00. The average Bonchev–Trinajstić information content (AvgIpc) is 2.89. The molecule has 5 heteroatoms. The highest BCUT2D eigenvalue weighted by atomic mass is 16.5. The van der Waals surface area contributed by atoms with Gasteiger partial charge in [-0.05, 0) is 30.2 Å². The van der Waals surface area contributed by atoms with Crippen LogP contribution in [-0.4, -0.2) is 25.0 Å². The van der Waals surface area contributed by atoms with E-state index < -0.39 is 6.04 Å². The van der Waals surface area contributed by atoms with Gasteiger partial charge in [0.15, 0.2) is 0 Å². The molecule has 2 aromatic rings. The van der Waals surface area contributed by atoms with E-state index in [4.69, 9.17) is 4.74 Å². The van der Waals surface area contributed by atoms with Crippen molar-refractivity contribution in [3.8, 4) is 5.75 Å². The number of benzene rings is 2. The molecule has 1 unspecified atom stereocenters. The molecule has 1 aliphatic heterocycles. The third-order valence-electron chi connectivity index (χ3n) is 4.20. The molecule has 1 atom stereocenters. The summed E-state index contributed by atoms with van der Waals surface area (Å²) in [6.07, 6.45) is 0.896. The molecule has 0 aliphatic carbocycles. The van der Waals surface area contributed by atoms with Crippen molar-refractivity contribution in [2.75, 3.05) is 17.3 Å². The number of ether oxygens (including phenoxy) is 1. The first-order chi connectivity index (χ1) is 11.7. The van der Waals surface area contributed by atoms with Crippen LogP contribution in [-0.2, 0) is 16.0 Å². The minimum atomic E-state index is -0.585. The summed E-state index contributed by atoms with van der Waals surface area (Å²) in [6, 6.07) is 14.3. The van der Waals surface area contributed by atoms with Crippen LogP contribution < -0.4 is 15.0 Å². The van der Waals surface area contributed by atoms with Crippen molar-refractivity contribution in [2.45, 2.75) is 25.8 Å². The molecule has 1 fully saturated rings. The molecule has 124 valence electrons. The van der Waals surface area contributed by atoms with E-state index in [1.54, 1.807) is 7.11 Å². The highest BCUT2D eigenvalue weighted by molar-refractivity contribution is 6.23. The smallest absolute Gasteiger partial charge is 0.256 e. The monoisotopic (exact) mass is 324 g/mol. The zero-order valence-electron chi connectivity index (χ0n) is 13.8. The molecule has 1 saturated heterocycles. The Morgan fingerprint density at radius 3 is 2.58 bits per heavy atom. The van der Waals surface area contributed by atoms with Crippen molar-refractivity contribution in [2.24, 2.45) is 0 Å². The lowest BCUT2D eigenvalue weighted by atomic mass is 10.1. The normalized spacial score (nSPS) is 17.2. The molecule has 0 aromatic heterocycles. The summed E-state index contributed by atoms with van der Waals surface area (Å²) in [5.41, 5.74) is 2.37. The predicted octanol–water partition coefficient (Wildman–Crippen LogP) is 3.00. The quantitative estimate of drug-likeness (QED) is 0.859. The van der Waals surface area contributed by atoms with Gasteiger partial charge in [-0.3, -0.25) is 9.59 Å². The number of imide groups is 1. The molecule has 1 N–H and O–H groups in total. The summed E-state index contributed by atoms with van der Waals surface area (Å²) < 4.78 is 5.29. The number of amides is 2. The van der Waals surface area contributed by atoms with E-state index in [9.17, 15) is 9.59 Å². The van der Waals surface area contributed by atoms with Gasteiger partial charge < -0.3 is 10.1 Å². The number of methoxy groups -OCH3 is 1. The number of aryl methyl sites for hydroxylation is 1. The molecule has 2 amide bonds. The zero-order valence-corrected chi connectivity index (χ0v) is 13.8. The van der Waals surface area contributed by atoms with Crippen LogP contribution in [0.1, 0.15) is 18.9 Å². The maximum absolute atomic E-state index is 12.8. The Labute approximate surface area is 141 Å². The molecule has 0 spiro atoms. The number of rotatable bonds is 5. The number of hydrogen-bond donors (Lipinski definition) is 1. The minimum Gasteiger partial charge on any atom is -0.495 e. The zero-order chi connectivity index (χ0) is 17.1. The van der Waals surface area contributed by atoms with Crippen LogP contribution in [0.3, 0.4) is 0 Å². The Morgan fingerprint density at radius 1 is 1.12 bits per heavy atom. The molecular weight excluding hydrogens is 304 g/mol. The maximum atomic E-state index is 12.8. The predicted molar refractivity (Wildman–Crippen MR) is 93.3 cm³/mol. The Bertz CT molecular complexity index is 773. The summed E-state index contributed by atoms with van der Waals surface area (Å²) >= 11 is 0. The molecule has 3 rings (SSSR count). The lowest BCUT2D eigenvalue weighted by molar-refractivity contribution is -0.121. The van der Waals surface area contributed by atoms with Gasteiger partial charge in [0.1, 0.15) is 11.8 Å². The number of nitrogens with one attached hydrogen (secondary N) is 1. The van der Waals surface area contributed by atoms with E-state index in [0.717, 1.165) is 12.0 Å². The average molecular weight is 324 g/mol. The van der Waals surface area contributed by atoms with Gasteiger partial charge >= 0.3 is 0 Å². The van der Waals surface area contributed by atoms with Gasteiger partial charge in [0.05, 0.1) is 24.9 Å². The first kappa shape index (κ1) is 16.1. The number of hydrogen-bond acceptors (Lipinski definition) is 4. The van der Waals surface area contributed by atoms with E-state index >= 15 is 0 Å². The Balaban J connectivity index is 1.87. The molecule has 5 nitrogen and oxygen atoms in total. The van der Waals surface area contributed by atoms with Crippen molar-refractivity contribution in [3.63, 3.8) is 0 Å². The Morgan fingerprint density at radius 2 is 1.83 bits per heavy atom. The summed E-state index contributed by atoms with van der Waals surface area (Å²) in [5, 5.41) is 3.14. The van der Waals surface area contributed by atoms with Crippen molar-refractivity contribution in [3.05, 3.63) is 54.1 Å². The van der Waals surface area contributed by atoms with Gasteiger partial charge in [-0.2, -0.15) is 0 Å². The SMILES string of the molecule is CCc1ccccc1N1C(=O)CC(Nc2ccccc2OC)C1=O. The van der Waals surface area contributed by atoms with Crippen LogP contribution in [0.4, 0.5) is 11.4 Å². The Kier molecular flexibility index (Phi) is 4.51. The second-order valence-electron chi connectivity index (χ2n) is 5.65. The van der Waals surface area contributed by atoms with Gasteiger partial charge in [0.2, 0.25) is 5.91 Å². The first-order valence-corrected chi connectivity index (χ1v) is 8.00. The van der Waals surface area contributed by atoms with Crippen molar-refractivity contribution in [1.29, 1.82) is 0 Å². The highest BCUT2D eigenvalue weighted by Crippen LogP contribution is 2.30. The second kappa shape index (κ2) is 6.74. The van der Waals surface area contributed by atoms with E-state index in [1.807, 2.05) is 55.5 Å². The molecule has 2 aromatic carbocycles. The molecule has 1 heterocycles. The molecule has 0 bridgehead atoms. The van der Waals surface area contributed by atoms with Crippen LogP contribution >= 0.6 is 0 Å². The fraction of sp³-hybridized carbons (Fsp3) is 0.263. The van der Waals surface area contributed by atoms with Gasteiger partial charge in [0.25, 0.3) is 5.91 Å². The fourth-order valence-electron chi connectivity index (χ4n) is 2.98. The second-order valence-corrected chi connectivity index (χ2v) is 5.65. The largest absolute Gasteiger partial charge is 0.495 e. The molecule has 1 aliphatic rings. The van der Waals surface area contributed by atoms with Crippen molar-refractivity contribution < 1.29 is 14.3 Å². The standard InChI is InChI=1S/C19H20N2O3/c1-3-13-8-4-6-10-16(13)21-18(22)12-15(19(21)23)20-14-9-5-7-11-17(14)24-2/h4-11,15,20H,3,12H2,1-2H3. The van der Waals surface area contributed by atoms with Crippen molar-refractivity contribution in [1.82, 2.24) is 0 Å². The molecule has 0 radical (unpaired) electrons. The van der Waals surface area contributed by atoms with Crippen LogP contribution in [0.25, 0.3) is 0 Å². The van der Waals surface area contributed by atoms with Crippen molar-refractivity contribution >= 4 is 23.2 Å². The summed E-state index contributed by atoms with van der Waals surface area (Å²) in [4.78, 5) is 26.5. The van der Waals surface area contributed by atoms with E-state index in [2.05, 4.69) is 5.32 Å². The maximum Gasteiger partial charge on any atom is 0.256 e. The lowest BCUT2D eigenvalue weighted by Crippen LogP contribution is -2.35. The van der Waals surface area contributed by atoms with E-state index in [-0.39, 0.29) is 18.2 Å². The minimum absolute atomic E-state index is 0.134. The number of para-hydroxylation sites is 3. The summed E-state index contributed by atoms with van der Waals surface area (Å²) in [7, 11) is 1.58. The van der Waals surface area contributed by atoms with Gasteiger partial charge in [-0.25, -0.2) is 4.90 Å². The van der Waals surface area contributed by atoms with Crippen LogP contribution in [0.5, 0.6) is 5.75 Å². The molecular formula is C19H20N2O3. The molecule has 0 saturated carbocycles. The van der Waals surface area contributed by atoms with Crippen LogP contribution in [0, 0.1) is 0 Å². The van der Waals surface area contributed by atoms with E-state index in [0.29, 0.717) is 17.1 Å². The highest BCUT2D eigenvalue weighted by Gasteiger charge is 2.40. The summed E-state index contributed by atoms with van der Waals surface area (Å²) in [6.45, 7) is 2.01.